The van der Waals surface area contributed by atoms with Crippen LogP contribution in [0.5, 0.6) is 0 Å². The average Bonchev–Trinajstić information content (AvgIpc) is 3.26. The lowest BCUT2D eigenvalue weighted by molar-refractivity contribution is 0.103. The van der Waals surface area contributed by atoms with E-state index in [2.05, 4.69) is 6.07 Å². The van der Waals surface area contributed by atoms with Crippen LogP contribution in [0.3, 0.4) is 0 Å². The van der Waals surface area contributed by atoms with Crippen LogP contribution in [-0.4, -0.2) is 17.3 Å². The van der Waals surface area contributed by atoms with Gasteiger partial charge >= 0.3 is 0 Å². The van der Waals surface area contributed by atoms with Gasteiger partial charge in [-0.25, -0.2) is 13.2 Å². The minimum atomic E-state index is -0.343. The monoisotopic (exact) mass is 750 g/mol. The summed E-state index contributed by atoms with van der Waals surface area (Å²) in [7, 11) is 0. The van der Waals surface area contributed by atoms with Gasteiger partial charge in [0, 0.05) is 33.4 Å². The third kappa shape index (κ3) is 8.93. The second-order valence-corrected chi connectivity index (χ2v) is 13.1. The molecular formula is C51H33F3O3. The molecule has 0 aliphatic carbocycles. The van der Waals surface area contributed by atoms with Crippen LogP contribution < -0.4 is 0 Å². The highest BCUT2D eigenvalue weighted by atomic mass is 19.1. The quantitative estimate of drug-likeness (QED) is 0.126. The van der Waals surface area contributed by atoms with E-state index in [1.165, 1.54) is 72.8 Å². The molecule has 0 N–H and O–H groups in total. The van der Waals surface area contributed by atoms with Gasteiger partial charge in [0.25, 0.3) is 0 Å². The summed E-state index contributed by atoms with van der Waals surface area (Å²) in [6.07, 6.45) is 0. The van der Waals surface area contributed by atoms with Crippen LogP contribution in [0.2, 0.25) is 0 Å². The fourth-order valence-corrected chi connectivity index (χ4v) is 6.46. The largest absolute Gasteiger partial charge is 0.289 e. The highest BCUT2D eigenvalue weighted by molar-refractivity contribution is 6.24. The Bertz CT molecular complexity index is 2800. The predicted molar refractivity (Wildman–Crippen MR) is 221 cm³/mol. The molecule has 9 aromatic carbocycles. The molecule has 0 heterocycles. The van der Waals surface area contributed by atoms with Crippen molar-refractivity contribution in [1.82, 2.24) is 0 Å². The molecule has 57 heavy (non-hydrogen) atoms. The second kappa shape index (κ2) is 17.4. The Kier molecular flexibility index (Phi) is 11.5. The SMILES string of the molecule is O=C(c1ccc(F)cc1)c1c2ccccc2cc2ccccc12.O=C(c1ccc(F)cc1)c1ccc2ccccc2c1.O=C(c1ccccc1)c1ccc(F)cc1. The lowest BCUT2D eigenvalue weighted by Gasteiger charge is -2.11. The fraction of sp³-hybridized carbons (Fsp3) is 0. The molecule has 0 spiro atoms. The molecule has 0 saturated heterocycles. The van der Waals surface area contributed by atoms with Crippen molar-refractivity contribution in [2.24, 2.45) is 0 Å². The number of rotatable bonds is 6. The summed E-state index contributed by atoms with van der Waals surface area (Å²) in [5, 5.41) is 6.00. The number of halogens is 3. The van der Waals surface area contributed by atoms with Gasteiger partial charge in [0.15, 0.2) is 17.3 Å². The zero-order valence-corrected chi connectivity index (χ0v) is 30.4. The molecule has 3 nitrogen and oxygen atoms in total. The van der Waals surface area contributed by atoms with E-state index < -0.39 is 0 Å². The van der Waals surface area contributed by atoms with Crippen LogP contribution in [0.25, 0.3) is 32.3 Å². The summed E-state index contributed by atoms with van der Waals surface area (Å²) in [6, 6.07) is 57.1. The number of ketones is 3. The molecule has 0 saturated carbocycles. The van der Waals surface area contributed by atoms with E-state index in [1.807, 2.05) is 91.0 Å². The molecule has 9 rings (SSSR count). The van der Waals surface area contributed by atoms with Gasteiger partial charge in [-0.15, -0.1) is 0 Å². The maximum atomic E-state index is 13.1. The smallest absolute Gasteiger partial charge is 0.194 e. The van der Waals surface area contributed by atoms with E-state index in [0.717, 1.165) is 32.3 Å². The van der Waals surface area contributed by atoms with Crippen molar-refractivity contribution in [2.75, 3.05) is 0 Å². The first-order chi connectivity index (χ1) is 27.7. The summed E-state index contributed by atoms with van der Waals surface area (Å²) in [5.74, 6) is -1.28. The fourth-order valence-electron chi connectivity index (χ4n) is 6.46. The molecule has 0 fully saturated rings. The van der Waals surface area contributed by atoms with Crippen molar-refractivity contribution < 1.29 is 27.6 Å². The number of carbonyl (C=O) groups is 3. The molecule has 0 amide bonds. The summed E-state index contributed by atoms with van der Waals surface area (Å²) in [6.45, 7) is 0. The Morgan fingerprint density at radius 3 is 1.12 bits per heavy atom. The highest BCUT2D eigenvalue weighted by Gasteiger charge is 2.17. The van der Waals surface area contributed by atoms with Gasteiger partial charge in [-0.05, 0) is 117 Å². The van der Waals surface area contributed by atoms with Crippen molar-refractivity contribution in [1.29, 1.82) is 0 Å². The molecule has 0 atom stereocenters. The molecule has 0 radical (unpaired) electrons. The van der Waals surface area contributed by atoms with Gasteiger partial charge in [0.2, 0.25) is 0 Å². The number of hydrogen-bond donors (Lipinski definition) is 0. The Hall–Kier alpha value is -7.44. The maximum Gasteiger partial charge on any atom is 0.194 e. The normalized spacial score (nSPS) is 10.6. The number of hydrogen-bond acceptors (Lipinski definition) is 3. The Labute approximate surface area is 327 Å². The summed E-state index contributed by atoms with van der Waals surface area (Å²) < 4.78 is 38.6. The Morgan fingerprint density at radius 2 is 0.632 bits per heavy atom. The van der Waals surface area contributed by atoms with Crippen molar-refractivity contribution in [3.8, 4) is 0 Å². The third-order valence-electron chi connectivity index (χ3n) is 9.37. The van der Waals surface area contributed by atoms with E-state index in [4.69, 9.17) is 0 Å². The number of carbonyl (C=O) groups excluding carboxylic acids is 3. The zero-order valence-electron chi connectivity index (χ0n) is 30.4. The molecule has 6 heteroatoms. The molecule has 0 bridgehead atoms. The average molecular weight is 751 g/mol. The molecule has 9 aromatic rings. The first kappa shape index (κ1) is 37.9. The van der Waals surface area contributed by atoms with Gasteiger partial charge in [-0.2, -0.15) is 0 Å². The molecule has 0 aromatic heterocycles. The lowest BCUT2D eigenvalue weighted by Crippen LogP contribution is -2.03. The van der Waals surface area contributed by atoms with E-state index in [1.54, 1.807) is 30.3 Å². The van der Waals surface area contributed by atoms with Gasteiger partial charge in [-0.1, -0.05) is 115 Å². The van der Waals surface area contributed by atoms with E-state index in [9.17, 15) is 27.6 Å². The van der Waals surface area contributed by atoms with Crippen LogP contribution in [0.4, 0.5) is 13.2 Å². The van der Waals surface area contributed by atoms with Crippen LogP contribution in [-0.2, 0) is 0 Å². The Balaban J connectivity index is 0.000000134. The van der Waals surface area contributed by atoms with E-state index >= 15 is 0 Å². The first-order valence-corrected chi connectivity index (χ1v) is 18.1. The predicted octanol–water partition coefficient (Wildman–Crippen LogP) is 12.6. The Morgan fingerprint density at radius 1 is 0.281 bits per heavy atom. The van der Waals surface area contributed by atoms with Crippen molar-refractivity contribution in [3.63, 3.8) is 0 Å². The standard InChI is InChI=1S/C21H13FO.C17H11FO.C13H9FO/c22-17-11-9-14(10-12-17)21(23)20-18-7-3-1-5-15(18)13-16-6-2-4-8-19(16)20;18-16-9-7-13(8-10-16)17(19)15-6-5-12-3-1-2-4-14(12)11-15;14-12-8-6-11(7-9-12)13(15)10-4-2-1-3-5-10/h1-13H;1-11H;1-9H. The maximum absolute atomic E-state index is 13.1. The van der Waals surface area contributed by atoms with Crippen LogP contribution in [0, 0.1) is 17.5 Å². The summed E-state index contributed by atoms with van der Waals surface area (Å²) in [5.41, 5.74) is 3.40. The molecule has 276 valence electrons. The van der Waals surface area contributed by atoms with Crippen molar-refractivity contribution >= 4 is 49.7 Å². The molecular weight excluding hydrogens is 718 g/mol. The van der Waals surface area contributed by atoms with Crippen molar-refractivity contribution in [2.45, 2.75) is 0 Å². The van der Waals surface area contributed by atoms with E-state index in [0.29, 0.717) is 33.4 Å². The summed E-state index contributed by atoms with van der Waals surface area (Å²) in [4.78, 5) is 37.2. The van der Waals surface area contributed by atoms with Crippen LogP contribution >= 0.6 is 0 Å². The van der Waals surface area contributed by atoms with Gasteiger partial charge in [0.1, 0.15) is 17.5 Å². The third-order valence-corrected chi connectivity index (χ3v) is 9.37. The number of benzene rings is 9. The minimum absolute atomic E-state index is 0.0852. The molecule has 0 aliphatic rings. The van der Waals surface area contributed by atoms with E-state index in [-0.39, 0.29) is 34.8 Å². The van der Waals surface area contributed by atoms with Gasteiger partial charge in [-0.3, -0.25) is 14.4 Å². The minimum Gasteiger partial charge on any atom is -0.289 e. The van der Waals surface area contributed by atoms with Crippen molar-refractivity contribution in [3.05, 3.63) is 251 Å². The molecule has 0 unspecified atom stereocenters. The van der Waals surface area contributed by atoms with Gasteiger partial charge < -0.3 is 0 Å². The topological polar surface area (TPSA) is 51.2 Å². The molecule has 0 aliphatic heterocycles. The zero-order chi connectivity index (χ0) is 39.7. The first-order valence-electron chi connectivity index (χ1n) is 18.1. The lowest BCUT2D eigenvalue weighted by atomic mass is 9.91. The van der Waals surface area contributed by atoms with Gasteiger partial charge in [0.05, 0.1) is 0 Å². The second-order valence-electron chi connectivity index (χ2n) is 13.1. The van der Waals surface area contributed by atoms with Crippen LogP contribution in [0.1, 0.15) is 47.8 Å². The highest BCUT2D eigenvalue weighted by Crippen LogP contribution is 2.30. The van der Waals surface area contributed by atoms with Crippen LogP contribution in [0.15, 0.2) is 200 Å². The summed E-state index contributed by atoms with van der Waals surface area (Å²) >= 11 is 0. The number of fused-ring (bicyclic) bond motifs is 3.